The molecule has 40 heavy (non-hydrogen) atoms. The predicted octanol–water partition coefficient (Wildman–Crippen LogP) is 9.50. The zero-order valence-electron chi connectivity index (χ0n) is 25.0. The summed E-state index contributed by atoms with van der Waals surface area (Å²) in [7, 11) is 0. The Kier molecular flexibility index (Phi) is 17.7. The van der Waals surface area contributed by atoms with Crippen LogP contribution in [0.1, 0.15) is 143 Å². The van der Waals surface area contributed by atoms with Crippen LogP contribution in [0.5, 0.6) is 0 Å². The van der Waals surface area contributed by atoms with Crippen LogP contribution in [0.3, 0.4) is 0 Å². The Bertz CT molecular complexity index is 868. The molecule has 6 heteroatoms. The third kappa shape index (κ3) is 14.1. The molecule has 0 aliphatic rings. The van der Waals surface area contributed by atoms with Gasteiger partial charge >= 0.3 is 11.9 Å². The number of carbonyl (C=O) groups excluding carboxylic acids is 2. The summed E-state index contributed by atoms with van der Waals surface area (Å²) in [5.74, 6) is -1.23. The fraction of sp³-hybridized carbons (Fsp3) is 0.588. The fourth-order valence-electron chi connectivity index (χ4n) is 4.44. The first-order chi connectivity index (χ1) is 19.6. The van der Waals surface area contributed by atoms with Gasteiger partial charge in [-0.2, -0.15) is 0 Å². The summed E-state index contributed by atoms with van der Waals surface area (Å²) in [5, 5.41) is 0. The van der Waals surface area contributed by atoms with Crippen molar-refractivity contribution in [3.05, 3.63) is 70.8 Å². The van der Waals surface area contributed by atoms with E-state index in [-0.39, 0.29) is 0 Å². The molecule has 0 amide bonds. The van der Waals surface area contributed by atoms with Gasteiger partial charge in [-0.15, -0.1) is 9.78 Å². The summed E-state index contributed by atoms with van der Waals surface area (Å²) in [6.45, 7) is 6.56. The van der Waals surface area contributed by atoms with Gasteiger partial charge in [0.05, 0.1) is 11.1 Å². The highest BCUT2D eigenvalue weighted by molar-refractivity contribution is 5.89. The second kappa shape index (κ2) is 21.1. The lowest BCUT2D eigenvalue weighted by atomic mass is 10.1. The van der Waals surface area contributed by atoms with Crippen LogP contribution in [-0.2, 0) is 32.4 Å². The van der Waals surface area contributed by atoms with Gasteiger partial charge in [-0.3, -0.25) is 9.78 Å². The minimum atomic E-state index is -1.01. The molecule has 2 aromatic rings. The summed E-state index contributed by atoms with van der Waals surface area (Å²) in [6.07, 6.45) is 16.2. The van der Waals surface area contributed by atoms with E-state index in [9.17, 15) is 9.59 Å². The molecular formula is C34H50O6. The molecule has 0 bridgehead atoms. The molecule has 0 fully saturated rings. The molecule has 0 unspecified atom stereocenters. The molecule has 0 aliphatic carbocycles. The standard InChI is InChI=1S/C34H50O6/c1-4-7-10-11-12-13-16-19-32(37-39-33(35)30-24-20-28(21-25-30)17-14-8-5-2)38-40-34(36)31-26-22-29(23-27-31)18-15-9-6-3/h20-27,32H,4-19H2,1-3H3. The molecule has 0 heterocycles. The van der Waals surface area contributed by atoms with Crippen molar-refractivity contribution >= 4 is 11.9 Å². The van der Waals surface area contributed by atoms with Crippen LogP contribution in [0.4, 0.5) is 0 Å². The second-order valence-electron chi connectivity index (χ2n) is 10.6. The van der Waals surface area contributed by atoms with Gasteiger partial charge in [-0.25, -0.2) is 9.59 Å². The van der Waals surface area contributed by atoms with E-state index in [4.69, 9.17) is 19.6 Å². The minimum Gasteiger partial charge on any atom is -0.290 e. The van der Waals surface area contributed by atoms with Gasteiger partial charge in [-0.05, 0) is 67.5 Å². The van der Waals surface area contributed by atoms with Gasteiger partial charge in [0.25, 0.3) is 0 Å². The lowest BCUT2D eigenvalue weighted by Gasteiger charge is -2.15. The van der Waals surface area contributed by atoms with Gasteiger partial charge in [0.1, 0.15) is 0 Å². The van der Waals surface area contributed by atoms with E-state index in [0.29, 0.717) is 17.5 Å². The highest BCUT2D eigenvalue weighted by Gasteiger charge is 2.19. The Balaban J connectivity index is 1.87. The van der Waals surface area contributed by atoms with E-state index < -0.39 is 18.2 Å². The number of benzene rings is 2. The maximum Gasteiger partial charge on any atom is 0.373 e. The minimum absolute atomic E-state index is 0.393. The molecule has 0 aliphatic heterocycles. The zero-order chi connectivity index (χ0) is 28.8. The largest absolute Gasteiger partial charge is 0.373 e. The van der Waals surface area contributed by atoms with Gasteiger partial charge in [0.15, 0.2) is 0 Å². The molecular weight excluding hydrogens is 504 g/mol. The Hall–Kier alpha value is -2.70. The van der Waals surface area contributed by atoms with E-state index in [0.717, 1.165) is 44.9 Å². The molecule has 2 aromatic carbocycles. The first-order valence-electron chi connectivity index (χ1n) is 15.5. The van der Waals surface area contributed by atoms with Crippen molar-refractivity contribution in [1.82, 2.24) is 0 Å². The van der Waals surface area contributed by atoms with Crippen molar-refractivity contribution in [3.63, 3.8) is 0 Å². The van der Waals surface area contributed by atoms with Gasteiger partial charge in [0, 0.05) is 6.42 Å². The number of unbranched alkanes of at least 4 members (excludes halogenated alkanes) is 10. The molecule has 0 aromatic heterocycles. The van der Waals surface area contributed by atoms with Crippen molar-refractivity contribution in [2.24, 2.45) is 0 Å². The Morgan fingerprint density at radius 2 is 0.900 bits per heavy atom. The second-order valence-corrected chi connectivity index (χ2v) is 10.6. The third-order valence-corrected chi connectivity index (χ3v) is 7.02. The van der Waals surface area contributed by atoms with E-state index in [1.54, 1.807) is 24.3 Å². The smallest absolute Gasteiger partial charge is 0.290 e. The topological polar surface area (TPSA) is 71.1 Å². The van der Waals surface area contributed by atoms with Crippen LogP contribution < -0.4 is 0 Å². The van der Waals surface area contributed by atoms with Crippen molar-refractivity contribution in [2.45, 2.75) is 130 Å². The van der Waals surface area contributed by atoms with Crippen LogP contribution in [0, 0.1) is 0 Å². The van der Waals surface area contributed by atoms with Crippen LogP contribution in [-0.4, -0.2) is 18.2 Å². The molecule has 0 radical (unpaired) electrons. The SMILES string of the molecule is CCCCCCCCCC(OOC(=O)c1ccc(CCCCC)cc1)OOC(=O)c1ccc(CCCCC)cc1. The predicted molar refractivity (Wildman–Crippen MR) is 159 cm³/mol. The number of carbonyl (C=O) groups is 2. The summed E-state index contributed by atoms with van der Waals surface area (Å²) < 4.78 is 0. The summed E-state index contributed by atoms with van der Waals surface area (Å²) in [6, 6.07) is 14.7. The number of hydrogen-bond donors (Lipinski definition) is 0. The molecule has 0 saturated carbocycles. The molecule has 0 N–H and O–H groups in total. The van der Waals surface area contributed by atoms with Crippen molar-refractivity contribution in [3.8, 4) is 0 Å². The molecule has 0 saturated heterocycles. The lowest BCUT2D eigenvalue weighted by Crippen LogP contribution is -2.22. The Labute approximate surface area is 241 Å². The highest BCUT2D eigenvalue weighted by atomic mass is 17.3. The number of hydrogen-bond acceptors (Lipinski definition) is 6. The maximum atomic E-state index is 12.6. The van der Waals surface area contributed by atoms with Gasteiger partial charge < -0.3 is 0 Å². The van der Waals surface area contributed by atoms with Crippen LogP contribution in [0.25, 0.3) is 0 Å². The van der Waals surface area contributed by atoms with Crippen molar-refractivity contribution < 1.29 is 29.1 Å². The molecule has 0 atom stereocenters. The van der Waals surface area contributed by atoms with E-state index >= 15 is 0 Å². The van der Waals surface area contributed by atoms with Crippen molar-refractivity contribution in [1.29, 1.82) is 0 Å². The quantitative estimate of drug-likeness (QED) is 0.0625. The van der Waals surface area contributed by atoms with Gasteiger partial charge in [0.2, 0.25) is 6.29 Å². The highest BCUT2D eigenvalue weighted by Crippen LogP contribution is 2.16. The first-order valence-corrected chi connectivity index (χ1v) is 15.5. The third-order valence-electron chi connectivity index (χ3n) is 7.02. The normalized spacial score (nSPS) is 11.1. The summed E-state index contributed by atoms with van der Waals surface area (Å²) in [4.78, 5) is 46.0. The van der Waals surface area contributed by atoms with Crippen molar-refractivity contribution in [2.75, 3.05) is 0 Å². The number of rotatable bonds is 22. The van der Waals surface area contributed by atoms with Crippen LogP contribution >= 0.6 is 0 Å². The average molecular weight is 555 g/mol. The number of aryl methyl sites for hydroxylation is 2. The van der Waals surface area contributed by atoms with E-state index in [2.05, 4.69) is 20.8 Å². The molecule has 2 rings (SSSR count). The van der Waals surface area contributed by atoms with E-state index in [1.165, 1.54) is 62.5 Å². The summed E-state index contributed by atoms with van der Waals surface area (Å²) in [5.41, 5.74) is 3.16. The zero-order valence-corrected chi connectivity index (χ0v) is 25.0. The summed E-state index contributed by atoms with van der Waals surface area (Å²) >= 11 is 0. The monoisotopic (exact) mass is 554 g/mol. The average Bonchev–Trinajstić information content (AvgIpc) is 2.98. The lowest BCUT2D eigenvalue weighted by molar-refractivity contribution is -0.421. The Morgan fingerprint density at radius 3 is 1.32 bits per heavy atom. The van der Waals surface area contributed by atoms with Gasteiger partial charge in [-0.1, -0.05) is 109 Å². The van der Waals surface area contributed by atoms with Crippen LogP contribution in [0.15, 0.2) is 48.5 Å². The molecule has 6 nitrogen and oxygen atoms in total. The maximum absolute atomic E-state index is 12.6. The first kappa shape index (κ1) is 33.5. The fourth-order valence-corrected chi connectivity index (χ4v) is 4.44. The van der Waals surface area contributed by atoms with E-state index in [1.807, 2.05) is 24.3 Å². The Morgan fingerprint density at radius 1 is 0.525 bits per heavy atom. The van der Waals surface area contributed by atoms with Crippen LogP contribution in [0.2, 0.25) is 0 Å². The molecule has 0 spiro atoms. The molecule has 222 valence electrons.